The lowest BCUT2D eigenvalue weighted by Crippen LogP contribution is -2.50. The zero-order valence-electron chi connectivity index (χ0n) is 17.3. The molecule has 1 aromatic heterocycles. The van der Waals surface area contributed by atoms with Crippen molar-refractivity contribution in [3.8, 4) is 0 Å². The van der Waals surface area contributed by atoms with Crippen molar-refractivity contribution >= 4 is 23.4 Å². The van der Waals surface area contributed by atoms with Crippen molar-refractivity contribution in [3.05, 3.63) is 41.5 Å². The number of amides is 2. The Morgan fingerprint density at radius 1 is 1.04 bits per heavy atom. The zero-order chi connectivity index (χ0) is 20.1. The highest BCUT2D eigenvalue weighted by Crippen LogP contribution is 2.19. The number of hydrogen-bond donors (Lipinski definition) is 1. The van der Waals surface area contributed by atoms with Gasteiger partial charge in [-0.25, -0.2) is 4.79 Å². The molecule has 0 radical (unpaired) electrons. The van der Waals surface area contributed by atoms with Crippen LogP contribution in [-0.2, 0) is 0 Å². The highest BCUT2D eigenvalue weighted by Gasteiger charge is 2.22. The number of carbonyl (C=O) groups is 1. The van der Waals surface area contributed by atoms with Crippen LogP contribution in [0.4, 0.5) is 22.1 Å². The minimum Gasteiger partial charge on any atom is -0.356 e. The summed E-state index contributed by atoms with van der Waals surface area (Å²) in [6, 6.07) is 10.1. The van der Waals surface area contributed by atoms with Crippen LogP contribution in [0.25, 0.3) is 0 Å². The molecule has 1 N–H and O–H groups in total. The molecule has 1 saturated heterocycles. The third-order valence-electron chi connectivity index (χ3n) is 5.24. The molecule has 150 valence electrons. The van der Waals surface area contributed by atoms with Crippen LogP contribution >= 0.6 is 0 Å². The first-order chi connectivity index (χ1) is 13.5. The molecular weight excluding hydrogens is 352 g/mol. The maximum atomic E-state index is 12.6. The molecule has 2 amide bonds. The molecule has 1 aliphatic heterocycles. The standard InChI is InChI=1S/C21H30N6O/c1-5-25(6-2)19-9-10-20(24-23-19)26-11-13-27(14-12-26)21(28)22-18-8-7-16(3)15-17(18)4/h7-10,15H,5-6,11-14H2,1-4H3,(H,22,28). The molecule has 0 saturated carbocycles. The fourth-order valence-electron chi connectivity index (χ4n) is 3.49. The molecule has 28 heavy (non-hydrogen) atoms. The van der Waals surface area contributed by atoms with Gasteiger partial charge in [-0.1, -0.05) is 17.7 Å². The third-order valence-corrected chi connectivity index (χ3v) is 5.24. The van der Waals surface area contributed by atoms with Gasteiger partial charge in [0, 0.05) is 45.0 Å². The Morgan fingerprint density at radius 3 is 2.32 bits per heavy atom. The summed E-state index contributed by atoms with van der Waals surface area (Å²) in [5, 5.41) is 11.8. The molecule has 1 fully saturated rings. The minimum atomic E-state index is -0.0467. The van der Waals surface area contributed by atoms with E-state index in [1.54, 1.807) is 0 Å². The van der Waals surface area contributed by atoms with Crippen LogP contribution < -0.4 is 15.1 Å². The van der Waals surface area contributed by atoms with E-state index in [1.807, 2.05) is 36.1 Å². The molecule has 7 heteroatoms. The number of benzene rings is 1. The highest BCUT2D eigenvalue weighted by atomic mass is 16.2. The van der Waals surface area contributed by atoms with E-state index in [9.17, 15) is 4.79 Å². The number of anilines is 3. The number of rotatable bonds is 5. The lowest BCUT2D eigenvalue weighted by molar-refractivity contribution is 0.208. The van der Waals surface area contributed by atoms with E-state index in [0.29, 0.717) is 13.1 Å². The molecule has 7 nitrogen and oxygen atoms in total. The summed E-state index contributed by atoms with van der Waals surface area (Å²) in [6.45, 7) is 12.9. The molecule has 0 atom stereocenters. The van der Waals surface area contributed by atoms with Crippen LogP contribution in [0.5, 0.6) is 0 Å². The van der Waals surface area contributed by atoms with Crippen LogP contribution in [-0.4, -0.2) is 60.4 Å². The van der Waals surface area contributed by atoms with E-state index in [4.69, 9.17) is 0 Å². The quantitative estimate of drug-likeness (QED) is 0.860. The molecule has 2 heterocycles. The lowest BCUT2D eigenvalue weighted by atomic mass is 10.1. The van der Waals surface area contributed by atoms with E-state index >= 15 is 0 Å². The fourth-order valence-corrected chi connectivity index (χ4v) is 3.49. The van der Waals surface area contributed by atoms with Gasteiger partial charge in [0.05, 0.1) is 0 Å². The smallest absolute Gasteiger partial charge is 0.321 e. The van der Waals surface area contributed by atoms with Crippen LogP contribution in [0.1, 0.15) is 25.0 Å². The molecular formula is C21H30N6O. The van der Waals surface area contributed by atoms with Crippen molar-refractivity contribution in [1.82, 2.24) is 15.1 Å². The van der Waals surface area contributed by atoms with Crippen LogP contribution in [0.3, 0.4) is 0 Å². The Bertz CT molecular complexity index is 795. The Hall–Kier alpha value is -2.83. The molecule has 0 bridgehead atoms. The second-order valence-electron chi connectivity index (χ2n) is 7.14. The van der Waals surface area contributed by atoms with Crippen LogP contribution in [0.15, 0.2) is 30.3 Å². The van der Waals surface area contributed by atoms with Gasteiger partial charge in [0.1, 0.15) is 0 Å². The second-order valence-corrected chi connectivity index (χ2v) is 7.14. The van der Waals surface area contributed by atoms with Crippen molar-refractivity contribution < 1.29 is 4.79 Å². The molecule has 1 aromatic carbocycles. The van der Waals surface area contributed by atoms with Gasteiger partial charge in [-0.3, -0.25) is 0 Å². The molecule has 2 aromatic rings. The molecule has 0 spiro atoms. The van der Waals surface area contributed by atoms with Crippen molar-refractivity contribution in [3.63, 3.8) is 0 Å². The number of aromatic nitrogens is 2. The number of nitrogens with one attached hydrogen (secondary N) is 1. The average molecular weight is 383 g/mol. The van der Waals surface area contributed by atoms with Crippen molar-refractivity contribution in [2.24, 2.45) is 0 Å². The Kier molecular flexibility index (Phi) is 6.34. The SMILES string of the molecule is CCN(CC)c1ccc(N2CCN(C(=O)Nc3ccc(C)cc3C)CC2)nn1. The fraction of sp³-hybridized carbons (Fsp3) is 0.476. The topological polar surface area (TPSA) is 64.6 Å². The minimum absolute atomic E-state index is 0.0467. The lowest BCUT2D eigenvalue weighted by Gasteiger charge is -2.35. The number of carbonyl (C=O) groups excluding carboxylic acids is 1. The maximum Gasteiger partial charge on any atom is 0.321 e. The number of hydrogen-bond acceptors (Lipinski definition) is 5. The first kappa shape index (κ1) is 19.9. The van der Waals surface area contributed by atoms with Crippen LogP contribution in [0.2, 0.25) is 0 Å². The summed E-state index contributed by atoms with van der Waals surface area (Å²) >= 11 is 0. The summed E-state index contributed by atoms with van der Waals surface area (Å²) in [5.41, 5.74) is 3.14. The normalized spacial score (nSPS) is 14.1. The van der Waals surface area contributed by atoms with Gasteiger partial charge in [-0.05, 0) is 51.5 Å². The summed E-state index contributed by atoms with van der Waals surface area (Å²) in [4.78, 5) is 18.8. The summed E-state index contributed by atoms with van der Waals surface area (Å²) in [5.74, 6) is 1.77. The average Bonchev–Trinajstić information content (AvgIpc) is 2.71. The predicted molar refractivity (Wildman–Crippen MR) is 114 cm³/mol. The molecule has 3 rings (SSSR count). The number of urea groups is 1. The van der Waals surface area contributed by atoms with E-state index in [2.05, 4.69) is 52.2 Å². The summed E-state index contributed by atoms with van der Waals surface area (Å²) in [6.07, 6.45) is 0. The Balaban J connectivity index is 1.56. The van der Waals surface area contributed by atoms with Crippen molar-refractivity contribution in [2.45, 2.75) is 27.7 Å². The summed E-state index contributed by atoms with van der Waals surface area (Å²) in [7, 11) is 0. The predicted octanol–water partition coefficient (Wildman–Crippen LogP) is 3.29. The van der Waals surface area contributed by atoms with Gasteiger partial charge in [0.15, 0.2) is 11.6 Å². The summed E-state index contributed by atoms with van der Waals surface area (Å²) < 4.78 is 0. The third kappa shape index (κ3) is 4.52. The Labute approximate surface area is 167 Å². The molecule has 0 unspecified atom stereocenters. The monoisotopic (exact) mass is 382 g/mol. The number of nitrogens with zero attached hydrogens (tertiary/aromatic N) is 5. The zero-order valence-corrected chi connectivity index (χ0v) is 17.3. The maximum absolute atomic E-state index is 12.6. The second kappa shape index (κ2) is 8.91. The van der Waals surface area contributed by atoms with Gasteiger partial charge in [0.2, 0.25) is 0 Å². The van der Waals surface area contributed by atoms with Crippen molar-refractivity contribution in [1.29, 1.82) is 0 Å². The van der Waals surface area contributed by atoms with Gasteiger partial charge < -0.3 is 20.0 Å². The van der Waals surface area contributed by atoms with E-state index in [1.165, 1.54) is 5.56 Å². The first-order valence-corrected chi connectivity index (χ1v) is 9.98. The number of aryl methyl sites for hydroxylation is 2. The van der Waals surface area contributed by atoms with E-state index < -0.39 is 0 Å². The van der Waals surface area contributed by atoms with Crippen LogP contribution in [0, 0.1) is 13.8 Å². The van der Waals surface area contributed by atoms with Gasteiger partial charge in [-0.2, -0.15) is 0 Å². The van der Waals surface area contributed by atoms with E-state index in [0.717, 1.165) is 49.1 Å². The van der Waals surface area contributed by atoms with Crippen molar-refractivity contribution in [2.75, 3.05) is 54.4 Å². The van der Waals surface area contributed by atoms with Gasteiger partial charge in [-0.15, -0.1) is 10.2 Å². The number of piperazine rings is 1. The van der Waals surface area contributed by atoms with Gasteiger partial charge in [0.25, 0.3) is 0 Å². The molecule has 1 aliphatic rings. The highest BCUT2D eigenvalue weighted by molar-refractivity contribution is 5.90. The van der Waals surface area contributed by atoms with E-state index in [-0.39, 0.29) is 6.03 Å². The first-order valence-electron chi connectivity index (χ1n) is 9.98. The van der Waals surface area contributed by atoms with Gasteiger partial charge >= 0.3 is 6.03 Å². The Morgan fingerprint density at radius 2 is 1.75 bits per heavy atom. The molecule has 0 aliphatic carbocycles. The largest absolute Gasteiger partial charge is 0.356 e.